The van der Waals surface area contributed by atoms with E-state index in [-0.39, 0.29) is 18.3 Å². The van der Waals surface area contributed by atoms with Gasteiger partial charge in [-0.25, -0.2) is 4.79 Å². The number of rotatable bonds is 7. The molecule has 6 nitrogen and oxygen atoms in total. The lowest BCUT2D eigenvalue weighted by atomic mass is 10.1. The molecule has 0 bridgehead atoms. The Morgan fingerprint density at radius 2 is 1.83 bits per heavy atom. The van der Waals surface area contributed by atoms with E-state index in [1.165, 1.54) is 6.07 Å². The zero-order valence-corrected chi connectivity index (χ0v) is 17.3. The Kier molecular flexibility index (Phi) is 7.82. The van der Waals surface area contributed by atoms with Gasteiger partial charge in [0.15, 0.2) is 6.10 Å². The van der Waals surface area contributed by atoms with Gasteiger partial charge in [-0.15, -0.1) is 12.4 Å². The molecule has 7 heteroatoms. The van der Waals surface area contributed by atoms with Crippen LogP contribution in [0.3, 0.4) is 0 Å². The molecule has 0 aliphatic carbocycles. The third-order valence-electron chi connectivity index (χ3n) is 4.59. The lowest BCUT2D eigenvalue weighted by Gasteiger charge is -2.15. The predicted octanol–water partition coefficient (Wildman–Crippen LogP) is 3.32. The van der Waals surface area contributed by atoms with Crippen LogP contribution in [-0.4, -0.2) is 12.0 Å². The molecular formula is C22H25ClN2O4. The summed E-state index contributed by atoms with van der Waals surface area (Å²) in [5.41, 5.74) is 8.59. The molecule has 0 spiro atoms. The monoisotopic (exact) mass is 416 g/mol. The largest absolute Gasteiger partial charge is 0.481 e. The minimum absolute atomic E-state index is 0. The van der Waals surface area contributed by atoms with Crippen LogP contribution in [0.15, 0.2) is 57.7 Å². The molecule has 1 aromatic heterocycles. The molecule has 0 saturated carbocycles. The summed E-state index contributed by atoms with van der Waals surface area (Å²) in [6.45, 7) is 4.55. The van der Waals surface area contributed by atoms with E-state index in [0.717, 1.165) is 28.5 Å². The number of ether oxygens (including phenoxy) is 1. The number of carbonyl (C=O) groups excluding carboxylic acids is 1. The second-order valence-electron chi connectivity index (χ2n) is 6.60. The Morgan fingerprint density at radius 1 is 1.14 bits per heavy atom. The van der Waals surface area contributed by atoms with Crippen LogP contribution in [0, 0.1) is 0 Å². The summed E-state index contributed by atoms with van der Waals surface area (Å²) in [5, 5.41) is 3.72. The number of hydrogen-bond donors (Lipinski definition) is 2. The molecule has 1 heterocycles. The quantitative estimate of drug-likeness (QED) is 0.576. The minimum Gasteiger partial charge on any atom is -0.481 e. The van der Waals surface area contributed by atoms with Crippen molar-refractivity contribution in [3.05, 3.63) is 75.6 Å². The van der Waals surface area contributed by atoms with Gasteiger partial charge in [0, 0.05) is 30.6 Å². The number of benzene rings is 2. The van der Waals surface area contributed by atoms with Crippen molar-refractivity contribution in [1.82, 2.24) is 5.32 Å². The highest BCUT2D eigenvalue weighted by molar-refractivity contribution is 5.85. The third-order valence-corrected chi connectivity index (χ3v) is 4.59. The lowest BCUT2D eigenvalue weighted by Crippen LogP contribution is -2.35. The Balaban J connectivity index is 0.00000300. The van der Waals surface area contributed by atoms with E-state index in [0.29, 0.717) is 24.4 Å². The maximum absolute atomic E-state index is 12.3. The molecule has 0 aliphatic heterocycles. The molecule has 1 atom stereocenters. The van der Waals surface area contributed by atoms with Gasteiger partial charge in [0.05, 0.1) is 0 Å². The average molecular weight is 417 g/mol. The van der Waals surface area contributed by atoms with Crippen molar-refractivity contribution in [3.63, 3.8) is 0 Å². The highest BCUT2D eigenvalue weighted by Gasteiger charge is 2.15. The van der Waals surface area contributed by atoms with Crippen LogP contribution >= 0.6 is 12.4 Å². The van der Waals surface area contributed by atoms with Crippen LogP contribution in [0.5, 0.6) is 5.75 Å². The first-order chi connectivity index (χ1) is 13.5. The first-order valence-electron chi connectivity index (χ1n) is 9.29. The summed E-state index contributed by atoms with van der Waals surface area (Å²) in [6.07, 6.45) is 0.0368. The topological polar surface area (TPSA) is 94.6 Å². The van der Waals surface area contributed by atoms with Crippen molar-refractivity contribution in [2.45, 2.75) is 39.5 Å². The normalized spacial score (nSPS) is 11.6. The van der Waals surface area contributed by atoms with Crippen LogP contribution in [0.25, 0.3) is 11.0 Å². The van der Waals surface area contributed by atoms with E-state index in [1.807, 2.05) is 37.3 Å². The fourth-order valence-electron chi connectivity index (χ4n) is 2.96. The van der Waals surface area contributed by atoms with Gasteiger partial charge < -0.3 is 20.2 Å². The van der Waals surface area contributed by atoms with Crippen molar-refractivity contribution in [3.8, 4) is 5.75 Å². The molecular weight excluding hydrogens is 392 g/mol. The van der Waals surface area contributed by atoms with E-state index in [2.05, 4.69) is 5.32 Å². The molecule has 0 saturated heterocycles. The summed E-state index contributed by atoms with van der Waals surface area (Å²) in [4.78, 5) is 24.0. The Bertz CT molecular complexity index is 1030. The van der Waals surface area contributed by atoms with Crippen molar-refractivity contribution < 1.29 is 13.9 Å². The summed E-state index contributed by atoms with van der Waals surface area (Å²) < 4.78 is 11.0. The van der Waals surface area contributed by atoms with Crippen molar-refractivity contribution in [2.24, 2.45) is 5.73 Å². The van der Waals surface area contributed by atoms with Crippen LogP contribution in [0.1, 0.15) is 30.5 Å². The molecule has 0 fully saturated rings. The van der Waals surface area contributed by atoms with Crippen LogP contribution < -0.4 is 21.4 Å². The van der Waals surface area contributed by atoms with Crippen LogP contribution in [0.4, 0.5) is 0 Å². The second kappa shape index (κ2) is 10.1. The first-order valence-corrected chi connectivity index (χ1v) is 9.29. The van der Waals surface area contributed by atoms with Crippen molar-refractivity contribution >= 4 is 29.3 Å². The highest BCUT2D eigenvalue weighted by atomic mass is 35.5. The molecule has 1 amide bonds. The van der Waals surface area contributed by atoms with Gasteiger partial charge in [0.25, 0.3) is 5.91 Å². The van der Waals surface area contributed by atoms with Gasteiger partial charge >= 0.3 is 5.63 Å². The van der Waals surface area contributed by atoms with Crippen molar-refractivity contribution in [2.75, 3.05) is 0 Å². The summed E-state index contributed by atoms with van der Waals surface area (Å²) in [6, 6.07) is 14.5. The predicted molar refractivity (Wildman–Crippen MR) is 115 cm³/mol. The summed E-state index contributed by atoms with van der Waals surface area (Å²) in [5.74, 6) is 0.241. The molecule has 0 radical (unpaired) electrons. The molecule has 154 valence electrons. The zero-order chi connectivity index (χ0) is 20.1. The average Bonchev–Trinajstić information content (AvgIpc) is 2.71. The van der Waals surface area contributed by atoms with Crippen molar-refractivity contribution in [1.29, 1.82) is 0 Å². The fraction of sp³-hybridized carbons (Fsp3) is 0.273. The molecule has 3 N–H and O–H groups in total. The van der Waals surface area contributed by atoms with E-state index in [4.69, 9.17) is 14.9 Å². The van der Waals surface area contributed by atoms with E-state index in [1.54, 1.807) is 19.1 Å². The Morgan fingerprint density at radius 3 is 2.48 bits per heavy atom. The number of nitrogens with one attached hydrogen (secondary N) is 1. The lowest BCUT2D eigenvalue weighted by molar-refractivity contribution is -0.127. The maximum atomic E-state index is 12.3. The Hall–Kier alpha value is -2.83. The third kappa shape index (κ3) is 5.59. The number of aryl methyl sites for hydroxylation is 1. The van der Waals surface area contributed by atoms with Crippen LogP contribution in [0.2, 0.25) is 0 Å². The maximum Gasteiger partial charge on any atom is 0.336 e. The first kappa shape index (κ1) is 22.5. The SMILES string of the molecule is CCc1cc(=O)oc2cc(OC(C)C(=O)NCc3ccc(CN)cc3)ccc12.Cl. The van der Waals surface area contributed by atoms with Gasteiger partial charge in [-0.05, 0) is 42.2 Å². The summed E-state index contributed by atoms with van der Waals surface area (Å²) >= 11 is 0. The number of nitrogens with two attached hydrogens (primary N) is 1. The molecule has 0 aliphatic rings. The van der Waals surface area contributed by atoms with Gasteiger partial charge in [-0.1, -0.05) is 31.2 Å². The van der Waals surface area contributed by atoms with Gasteiger partial charge in [0.1, 0.15) is 11.3 Å². The zero-order valence-electron chi connectivity index (χ0n) is 16.4. The minimum atomic E-state index is -0.693. The van der Waals surface area contributed by atoms with Gasteiger partial charge in [-0.3, -0.25) is 4.79 Å². The van der Waals surface area contributed by atoms with Gasteiger partial charge in [-0.2, -0.15) is 0 Å². The number of fused-ring (bicyclic) bond motifs is 1. The molecule has 2 aromatic carbocycles. The number of hydrogen-bond acceptors (Lipinski definition) is 5. The number of carbonyl (C=O) groups is 1. The van der Waals surface area contributed by atoms with Crippen LogP contribution in [-0.2, 0) is 24.3 Å². The molecule has 3 aromatic rings. The fourth-order valence-corrected chi connectivity index (χ4v) is 2.96. The number of halogens is 1. The number of amides is 1. The smallest absolute Gasteiger partial charge is 0.336 e. The standard InChI is InChI=1S/C22H24N2O4.ClH/c1-3-17-10-21(25)28-20-11-18(8-9-19(17)20)27-14(2)22(26)24-13-16-6-4-15(12-23)5-7-16;/h4-11,14H,3,12-13,23H2,1-2H3,(H,24,26);1H. The van der Waals surface area contributed by atoms with E-state index in [9.17, 15) is 9.59 Å². The Labute approximate surface area is 175 Å². The molecule has 29 heavy (non-hydrogen) atoms. The van der Waals surface area contributed by atoms with E-state index < -0.39 is 11.7 Å². The summed E-state index contributed by atoms with van der Waals surface area (Å²) in [7, 11) is 0. The van der Waals surface area contributed by atoms with Gasteiger partial charge in [0.2, 0.25) is 0 Å². The molecule has 3 rings (SSSR count). The highest BCUT2D eigenvalue weighted by Crippen LogP contribution is 2.23. The van der Waals surface area contributed by atoms with E-state index >= 15 is 0 Å². The second-order valence-corrected chi connectivity index (χ2v) is 6.60. The molecule has 1 unspecified atom stereocenters.